The van der Waals surface area contributed by atoms with Crippen LogP contribution in [0.25, 0.3) is 0 Å². The van der Waals surface area contributed by atoms with Gasteiger partial charge in [0.05, 0.1) is 11.0 Å². The Hall–Kier alpha value is -1.50. The van der Waals surface area contributed by atoms with Crippen molar-refractivity contribution < 1.29 is 18.8 Å². The molecule has 1 amide bonds. The van der Waals surface area contributed by atoms with E-state index < -0.39 is 0 Å². The molecular weight excluding hydrogens is 316 g/mol. The Morgan fingerprint density at radius 2 is 2.30 bits per heavy atom. The van der Waals surface area contributed by atoms with Crippen LogP contribution in [0, 0.1) is 12.8 Å². The molecule has 1 saturated carbocycles. The fraction of sp³-hybridized carbons (Fsp3) is 0.688. The van der Waals surface area contributed by atoms with Gasteiger partial charge in [-0.1, -0.05) is 18.5 Å². The lowest BCUT2D eigenvalue weighted by atomic mass is 9.89. The molecule has 7 heteroatoms. The van der Waals surface area contributed by atoms with Crippen LogP contribution in [0.1, 0.15) is 45.3 Å². The molecule has 0 radical (unpaired) electrons. The summed E-state index contributed by atoms with van der Waals surface area (Å²) in [4.78, 5) is 23.9. The first-order chi connectivity index (χ1) is 10.9. The van der Waals surface area contributed by atoms with Crippen LogP contribution >= 0.6 is 11.8 Å². The monoisotopic (exact) mass is 340 g/mol. The SMILES string of the molecule is Cc1cc(NC(=O)C(C)SCC(=O)OC2CCCC(C)C2)no1. The molecular formula is C16H24N2O4S. The minimum atomic E-state index is -0.371. The van der Waals surface area contributed by atoms with Gasteiger partial charge in [0.2, 0.25) is 5.91 Å². The van der Waals surface area contributed by atoms with Gasteiger partial charge in [-0.05, 0) is 39.0 Å². The highest BCUT2D eigenvalue weighted by Gasteiger charge is 2.23. The van der Waals surface area contributed by atoms with E-state index in [0.29, 0.717) is 17.5 Å². The third kappa shape index (κ3) is 5.89. The van der Waals surface area contributed by atoms with Crippen LogP contribution in [0.15, 0.2) is 10.6 Å². The van der Waals surface area contributed by atoms with E-state index >= 15 is 0 Å². The molecule has 6 nitrogen and oxygen atoms in total. The number of carbonyl (C=O) groups excluding carboxylic acids is 2. The van der Waals surface area contributed by atoms with Gasteiger partial charge in [0.25, 0.3) is 0 Å². The third-order valence-electron chi connectivity index (χ3n) is 3.89. The van der Waals surface area contributed by atoms with Crippen LogP contribution in [0.2, 0.25) is 0 Å². The molecule has 0 aromatic carbocycles. The molecule has 3 atom stereocenters. The number of thioether (sulfide) groups is 1. The molecule has 1 N–H and O–H groups in total. The maximum Gasteiger partial charge on any atom is 0.316 e. The fourth-order valence-corrected chi connectivity index (χ4v) is 3.29. The Labute approximate surface area is 140 Å². The van der Waals surface area contributed by atoms with Crippen molar-refractivity contribution in [2.75, 3.05) is 11.1 Å². The first kappa shape index (κ1) is 17.8. The van der Waals surface area contributed by atoms with Gasteiger partial charge in [0, 0.05) is 6.07 Å². The number of nitrogens with zero attached hydrogens (tertiary/aromatic N) is 1. The van der Waals surface area contributed by atoms with E-state index in [-0.39, 0.29) is 29.0 Å². The number of anilines is 1. The molecule has 1 fully saturated rings. The summed E-state index contributed by atoms with van der Waals surface area (Å²) in [5, 5.41) is 6.00. The van der Waals surface area contributed by atoms with Gasteiger partial charge < -0.3 is 14.6 Å². The topological polar surface area (TPSA) is 81.4 Å². The van der Waals surface area contributed by atoms with Gasteiger partial charge in [-0.2, -0.15) is 0 Å². The zero-order chi connectivity index (χ0) is 16.8. The van der Waals surface area contributed by atoms with Crippen LogP contribution in [-0.2, 0) is 14.3 Å². The second-order valence-corrected chi connectivity index (χ2v) is 7.48. The highest BCUT2D eigenvalue weighted by atomic mass is 32.2. The number of hydrogen-bond donors (Lipinski definition) is 1. The molecule has 1 heterocycles. The molecule has 0 bridgehead atoms. The van der Waals surface area contributed by atoms with Crippen molar-refractivity contribution in [1.82, 2.24) is 5.16 Å². The highest BCUT2D eigenvalue weighted by molar-refractivity contribution is 8.01. The lowest BCUT2D eigenvalue weighted by molar-refractivity contribution is -0.147. The number of amides is 1. The molecule has 0 saturated heterocycles. The van der Waals surface area contributed by atoms with Gasteiger partial charge >= 0.3 is 5.97 Å². The quantitative estimate of drug-likeness (QED) is 0.801. The number of carbonyl (C=O) groups is 2. The summed E-state index contributed by atoms with van der Waals surface area (Å²) >= 11 is 1.26. The van der Waals surface area contributed by atoms with E-state index in [2.05, 4.69) is 17.4 Å². The normalized spacial score (nSPS) is 22.4. The zero-order valence-corrected chi connectivity index (χ0v) is 14.6. The second-order valence-electron chi connectivity index (χ2n) is 6.15. The number of nitrogens with one attached hydrogen (secondary N) is 1. The first-order valence-electron chi connectivity index (χ1n) is 7.99. The Balaban J connectivity index is 1.69. The number of hydrogen-bond acceptors (Lipinski definition) is 6. The summed E-state index contributed by atoms with van der Waals surface area (Å²) in [7, 11) is 0. The lowest BCUT2D eigenvalue weighted by Gasteiger charge is -2.26. The zero-order valence-electron chi connectivity index (χ0n) is 13.8. The number of rotatable bonds is 6. The van der Waals surface area contributed by atoms with Gasteiger partial charge in [0.15, 0.2) is 5.82 Å². The molecule has 1 aliphatic rings. The standard InChI is InChI=1S/C16H24N2O4S/c1-10-5-4-6-13(7-10)21-15(19)9-23-12(3)16(20)17-14-8-11(2)22-18-14/h8,10,12-13H,4-7,9H2,1-3H3,(H,17,18,20). The molecule has 23 heavy (non-hydrogen) atoms. The van der Waals surface area contributed by atoms with Crippen LogP contribution in [0.3, 0.4) is 0 Å². The summed E-state index contributed by atoms with van der Waals surface area (Å²) in [6.45, 7) is 5.69. The molecule has 0 spiro atoms. The molecule has 1 aromatic heterocycles. The van der Waals surface area contributed by atoms with Crippen LogP contribution in [0.5, 0.6) is 0 Å². The average molecular weight is 340 g/mol. The Bertz CT molecular complexity index is 546. The molecule has 1 aromatic rings. The van der Waals surface area contributed by atoms with Gasteiger partial charge in [-0.15, -0.1) is 11.8 Å². The van der Waals surface area contributed by atoms with E-state index in [9.17, 15) is 9.59 Å². The number of aryl methyl sites for hydroxylation is 1. The van der Waals surface area contributed by atoms with Gasteiger partial charge in [0.1, 0.15) is 11.9 Å². The number of aromatic nitrogens is 1. The summed E-state index contributed by atoms with van der Waals surface area (Å²) in [6.07, 6.45) is 4.25. The minimum absolute atomic E-state index is 0.0362. The predicted molar refractivity (Wildman–Crippen MR) is 89.3 cm³/mol. The van der Waals surface area contributed by atoms with Crippen molar-refractivity contribution in [3.05, 3.63) is 11.8 Å². The predicted octanol–water partition coefficient (Wildman–Crippen LogP) is 3.17. The van der Waals surface area contributed by atoms with Crippen molar-refractivity contribution in [2.45, 2.75) is 57.8 Å². The van der Waals surface area contributed by atoms with Crippen molar-refractivity contribution in [1.29, 1.82) is 0 Å². The summed E-state index contributed by atoms with van der Waals surface area (Å²) in [5.74, 6) is 1.36. The van der Waals surface area contributed by atoms with Gasteiger partial charge in [-0.3, -0.25) is 9.59 Å². The smallest absolute Gasteiger partial charge is 0.316 e. The fourth-order valence-electron chi connectivity index (χ4n) is 2.63. The summed E-state index contributed by atoms with van der Waals surface area (Å²) in [5.41, 5.74) is 0. The van der Waals surface area contributed by atoms with Crippen molar-refractivity contribution in [3.8, 4) is 0 Å². The van der Waals surface area contributed by atoms with E-state index in [0.717, 1.165) is 19.3 Å². The average Bonchev–Trinajstić information content (AvgIpc) is 2.90. The van der Waals surface area contributed by atoms with Crippen LogP contribution in [0.4, 0.5) is 5.82 Å². The molecule has 128 valence electrons. The lowest BCUT2D eigenvalue weighted by Crippen LogP contribution is -2.27. The minimum Gasteiger partial charge on any atom is -0.462 e. The second kappa shape index (κ2) is 8.38. The number of esters is 1. The first-order valence-corrected chi connectivity index (χ1v) is 9.04. The third-order valence-corrected chi connectivity index (χ3v) is 5.00. The van der Waals surface area contributed by atoms with E-state index in [1.54, 1.807) is 19.9 Å². The highest BCUT2D eigenvalue weighted by Crippen LogP contribution is 2.26. The largest absolute Gasteiger partial charge is 0.462 e. The maximum absolute atomic E-state index is 12.0. The van der Waals surface area contributed by atoms with Crippen LogP contribution in [-0.4, -0.2) is 34.1 Å². The summed E-state index contributed by atoms with van der Waals surface area (Å²) < 4.78 is 10.4. The van der Waals surface area contributed by atoms with E-state index in [4.69, 9.17) is 9.26 Å². The van der Waals surface area contributed by atoms with Gasteiger partial charge in [-0.25, -0.2) is 0 Å². The van der Waals surface area contributed by atoms with Crippen molar-refractivity contribution in [2.24, 2.45) is 5.92 Å². The Kier molecular flexibility index (Phi) is 6.50. The number of ether oxygens (including phenoxy) is 1. The molecule has 1 aliphatic carbocycles. The molecule has 0 aliphatic heterocycles. The van der Waals surface area contributed by atoms with E-state index in [1.165, 1.54) is 18.2 Å². The maximum atomic E-state index is 12.0. The molecule has 2 rings (SSSR count). The summed E-state index contributed by atoms with van der Waals surface area (Å²) in [6, 6.07) is 1.65. The Morgan fingerprint density at radius 1 is 1.52 bits per heavy atom. The van der Waals surface area contributed by atoms with E-state index in [1.807, 2.05) is 0 Å². The van der Waals surface area contributed by atoms with Crippen molar-refractivity contribution in [3.63, 3.8) is 0 Å². The Morgan fingerprint density at radius 3 is 2.96 bits per heavy atom. The molecule has 3 unspecified atom stereocenters. The van der Waals surface area contributed by atoms with Crippen LogP contribution < -0.4 is 5.32 Å². The van der Waals surface area contributed by atoms with Crippen molar-refractivity contribution >= 4 is 29.5 Å².